The number of hydrogen-bond acceptors (Lipinski definition) is 3. The van der Waals surface area contributed by atoms with E-state index >= 15 is 0 Å². The number of hydrogen-bond donors (Lipinski definition) is 2. The van der Waals surface area contributed by atoms with Crippen LogP contribution in [0.1, 0.15) is 24.0 Å². The molecule has 0 aromatic heterocycles. The molecule has 1 aromatic rings. The molecule has 1 heterocycles. The second-order valence-electron chi connectivity index (χ2n) is 5.33. The van der Waals surface area contributed by atoms with Crippen LogP contribution in [-0.2, 0) is 17.9 Å². The van der Waals surface area contributed by atoms with Crippen LogP contribution in [0.5, 0.6) is 0 Å². The van der Waals surface area contributed by atoms with E-state index in [0.717, 1.165) is 13.1 Å². The summed E-state index contributed by atoms with van der Waals surface area (Å²) in [4.78, 5) is 13.7. The number of benzene rings is 1. The molecular formula is C14H19N3O. The summed E-state index contributed by atoms with van der Waals surface area (Å²) >= 11 is 0. The monoisotopic (exact) mass is 245 g/mol. The van der Waals surface area contributed by atoms with Gasteiger partial charge in [0.05, 0.1) is 6.04 Å². The van der Waals surface area contributed by atoms with Gasteiger partial charge in [-0.3, -0.25) is 9.69 Å². The summed E-state index contributed by atoms with van der Waals surface area (Å²) in [6, 6.07) is 8.73. The van der Waals surface area contributed by atoms with Gasteiger partial charge in [-0.1, -0.05) is 24.3 Å². The fourth-order valence-electron chi connectivity index (χ4n) is 2.55. The maximum Gasteiger partial charge on any atom is 0.235 e. The van der Waals surface area contributed by atoms with Crippen LogP contribution >= 0.6 is 0 Å². The van der Waals surface area contributed by atoms with Gasteiger partial charge in [0.2, 0.25) is 5.91 Å². The molecule has 1 aromatic carbocycles. The molecule has 0 bridgehead atoms. The number of nitrogens with two attached hydrogens (primary N) is 1. The molecule has 4 nitrogen and oxygen atoms in total. The van der Waals surface area contributed by atoms with Gasteiger partial charge < -0.3 is 11.1 Å². The third-order valence-corrected chi connectivity index (χ3v) is 3.70. The molecule has 1 aliphatic carbocycles. The molecule has 3 rings (SSSR count). The minimum atomic E-state index is -0.238. The number of carbonyl (C=O) groups excluding carboxylic acids is 1. The lowest BCUT2D eigenvalue weighted by Gasteiger charge is -2.22. The summed E-state index contributed by atoms with van der Waals surface area (Å²) in [5.41, 5.74) is 8.20. The predicted octanol–water partition coefficient (Wildman–Crippen LogP) is 0.608. The number of rotatable bonds is 5. The number of nitrogens with zero attached hydrogens (tertiary/aromatic N) is 1. The van der Waals surface area contributed by atoms with Crippen molar-refractivity contribution in [3.8, 4) is 0 Å². The molecule has 96 valence electrons. The van der Waals surface area contributed by atoms with E-state index in [9.17, 15) is 4.79 Å². The van der Waals surface area contributed by atoms with Crippen molar-refractivity contribution in [3.05, 3.63) is 35.4 Å². The minimum Gasteiger partial charge on any atom is -0.368 e. The maximum absolute atomic E-state index is 11.5. The van der Waals surface area contributed by atoms with Crippen LogP contribution in [0.25, 0.3) is 0 Å². The number of nitrogens with one attached hydrogen (secondary N) is 1. The van der Waals surface area contributed by atoms with Crippen LogP contribution in [-0.4, -0.2) is 29.4 Å². The fourth-order valence-corrected chi connectivity index (χ4v) is 2.55. The molecule has 1 amide bonds. The third kappa shape index (κ3) is 2.54. The number of carbonyl (C=O) groups is 1. The van der Waals surface area contributed by atoms with Gasteiger partial charge in [-0.25, -0.2) is 0 Å². The van der Waals surface area contributed by atoms with E-state index in [-0.39, 0.29) is 11.9 Å². The molecule has 1 aliphatic heterocycles. The highest BCUT2D eigenvalue weighted by Gasteiger charge is 2.29. The SMILES string of the molecule is NC(=O)C(CN1Cc2ccccc2C1)NC1CC1. The molecule has 1 unspecified atom stereocenters. The quantitative estimate of drug-likeness (QED) is 0.799. The van der Waals surface area contributed by atoms with E-state index in [1.807, 2.05) is 0 Å². The Hall–Kier alpha value is -1.39. The normalized spacial score (nSPS) is 20.7. The molecule has 2 aliphatic rings. The van der Waals surface area contributed by atoms with Gasteiger partial charge in [-0.15, -0.1) is 0 Å². The van der Waals surface area contributed by atoms with Crippen molar-refractivity contribution >= 4 is 5.91 Å². The van der Waals surface area contributed by atoms with Gasteiger partial charge in [0, 0.05) is 25.7 Å². The third-order valence-electron chi connectivity index (χ3n) is 3.70. The molecule has 1 fully saturated rings. The summed E-state index contributed by atoms with van der Waals surface area (Å²) in [5.74, 6) is -0.238. The van der Waals surface area contributed by atoms with Crippen molar-refractivity contribution in [1.29, 1.82) is 0 Å². The molecule has 0 saturated heterocycles. The molecule has 1 saturated carbocycles. The first-order valence-corrected chi connectivity index (χ1v) is 6.57. The Kier molecular flexibility index (Phi) is 3.06. The smallest absolute Gasteiger partial charge is 0.235 e. The molecular weight excluding hydrogens is 226 g/mol. The van der Waals surface area contributed by atoms with Crippen molar-refractivity contribution in [2.24, 2.45) is 5.73 Å². The summed E-state index contributed by atoms with van der Waals surface area (Å²) in [6.45, 7) is 2.55. The van der Waals surface area contributed by atoms with E-state index in [0.29, 0.717) is 12.6 Å². The van der Waals surface area contributed by atoms with Crippen LogP contribution in [0.15, 0.2) is 24.3 Å². The molecule has 0 radical (unpaired) electrons. The van der Waals surface area contributed by atoms with Crippen LogP contribution < -0.4 is 11.1 Å². The van der Waals surface area contributed by atoms with Crippen molar-refractivity contribution in [3.63, 3.8) is 0 Å². The summed E-state index contributed by atoms with van der Waals surface area (Å²) < 4.78 is 0. The largest absolute Gasteiger partial charge is 0.368 e. The highest BCUT2D eigenvalue weighted by molar-refractivity contribution is 5.80. The second-order valence-corrected chi connectivity index (χ2v) is 5.33. The first-order chi connectivity index (χ1) is 8.72. The van der Waals surface area contributed by atoms with E-state index < -0.39 is 0 Å². The van der Waals surface area contributed by atoms with Crippen molar-refractivity contribution in [1.82, 2.24) is 10.2 Å². The van der Waals surface area contributed by atoms with E-state index in [1.54, 1.807) is 0 Å². The standard InChI is InChI=1S/C14H19N3O/c15-14(18)13(16-12-5-6-12)9-17-7-10-3-1-2-4-11(10)8-17/h1-4,12-13,16H,5-9H2,(H2,15,18). The van der Waals surface area contributed by atoms with Crippen molar-refractivity contribution in [2.75, 3.05) is 6.54 Å². The maximum atomic E-state index is 11.5. The fraction of sp³-hybridized carbons (Fsp3) is 0.500. The van der Waals surface area contributed by atoms with Crippen LogP contribution in [0.4, 0.5) is 0 Å². The summed E-state index contributed by atoms with van der Waals surface area (Å²) in [6.07, 6.45) is 2.34. The number of amides is 1. The second kappa shape index (κ2) is 4.71. The Morgan fingerprint density at radius 2 is 1.94 bits per heavy atom. The van der Waals surface area contributed by atoms with Gasteiger partial charge in [-0.2, -0.15) is 0 Å². The van der Waals surface area contributed by atoms with Crippen molar-refractivity contribution in [2.45, 2.75) is 38.0 Å². The Morgan fingerprint density at radius 3 is 2.44 bits per heavy atom. The Morgan fingerprint density at radius 1 is 1.33 bits per heavy atom. The minimum absolute atomic E-state index is 0.216. The van der Waals surface area contributed by atoms with Crippen LogP contribution in [0, 0.1) is 0 Å². The van der Waals surface area contributed by atoms with E-state index in [1.165, 1.54) is 24.0 Å². The van der Waals surface area contributed by atoms with Gasteiger partial charge >= 0.3 is 0 Å². The van der Waals surface area contributed by atoms with Gasteiger partial charge in [-0.05, 0) is 24.0 Å². The lowest BCUT2D eigenvalue weighted by Crippen LogP contribution is -2.48. The predicted molar refractivity (Wildman–Crippen MR) is 69.7 cm³/mol. The topological polar surface area (TPSA) is 58.4 Å². The first kappa shape index (κ1) is 11.7. The lowest BCUT2D eigenvalue weighted by atomic mass is 10.1. The molecule has 18 heavy (non-hydrogen) atoms. The zero-order valence-corrected chi connectivity index (χ0v) is 10.4. The molecule has 3 N–H and O–H groups in total. The highest BCUT2D eigenvalue weighted by Crippen LogP contribution is 2.23. The molecule has 1 atom stereocenters. The van der Waals surface area contributed by atoms with Gasteiger partial charge in [0.1, 0.15) is 0 Å². The lowest BCUT2D eigenvalue weighted by molar-refractivity contribution is -0.120. The summed E-state index contributed by atoms with van der Waals surface area (Å²) in [5, 5.41) is 3.33. The zero-order valence-electron chi connectivity index (χ0n) is 10.4. The Bertz CT molecular complexity index is 431. The average molecular weight is 245 g/mol. The zero-order chi connectivity index (χ0) is 12.5. The molecule has 0 spiro atoms. The summed E-state index contributed by atoms with van der Waals surface area (Å²) in [7, 11) is 0. The average Bonchev–Trinajstić information content (AvgIpc) is 3.06. The first-order valence-electron chi connectivity index (χ1n) is 6.57. The van der Waals surface area contributed by atoms with Crippen LogP contribution in [0.3, 0.4) is 0 Å². The number of primary amides is 1. The van der Waals surface area contributed by atoms with Crippen molar-refractivity contribution < 1.29 is 4.79 Å². The van der Waals surface area contributed by atoms with Gasteiger partial charge in [0.25, 0.3) is 0 Å². The van der Waals surface area contributed by atoms with Gasteiger partial charge in [0.15, 0.2) is 0 Å². The van der Waals surface area contributed by atoms with E-state index in [2.05, 4.69) is 34.5 Å². The number of fused-ring (bicyclic) bond motifs is 1. The Labute approximate surface area is 107 Å². The molecule has 4 heteroatoms. The van der Waals surface area contributed by atoms with E-state index in [4.69, 9.17) is 5.73 Å². The van der Waals surface area contributed by atoms with Crippen LogP contribution in [0.2, 0.25) is 0 Å². The highest BCUT2D eigenvalue weighted by atomic mass is 16.1. The Balaban J connectivity index is 1.61.